The van der Waals surface area contributed by atoms with Crippen LogP contribution in [0.15, 0.2) is 30.5 Å². The molecule has 3 rings (SSSR count). The zero-order chi connectivity index (χ0) is 18.7. The average Bonchev–Trinajstić information content (AvgIpc) is 2.68. The summed E-state index contributed by atoms with van der Waals surface area (Å²) in [5, 5.41) is 2.19. The summed E-state index contributed by atoms with van der Waals surface area (Å²) in [6, 6.07) is 4.81. The van der Waals surface area contributed by atoms with E-state index in [4.69, 9.17) is 0 Å². The molecule has 2 aromatic rings. The Kier molecular flexibility index (Phi) is 5.06. The van der Waals surface area contributed by atoms with Crippen LogP contribution in [0.5, 0.6) is 0 Å². The maximum absolute atomic E-state index is 13.6. The standard InChI is InChI=1S/C17H15F3N4O2/c18-12-2-3-13(16(20)15(12)19)22-17(26)11-1-4-14(21-9-11)24-7-5-23(10-25)6-8-24/h1-4,9-10H,5-8H2,(H,22,26). The molecule has 1 aromatic carbocycles. The van der Waals surface area contributed by atoms with Gasteiger partial charge >= 0.3 is 0 Å². The molecule has 9 heteroatoms. The molecule has 0 saturated carbocycles. The minimum absolute atomic E-state index is 0.143. The van der Waals surface area contributed by atoms with Crippen molar-refractivity contribution < 1.29 is 22.8 Å². The number of rotatable bonds is 4. The van der Waals surface area contributed by atoms with Crippen molar-refractivity contribution in [1.29, 1.82) is 0 Å². The molecule has 2 amide bonds. The van der Waals surface area contributed by atoms with Crippen LogP contribution in [0.4, 0.5) is 24.7 Å². The lowest BCUT2D eigenvalue weighted by molar-refractivity contribution is -0.118. The molecule has 0 atom stereocenters. The molecule has 0 spiro atoms. The van der Waals surface area contributed by atoms with Gasteiger partial charge < -0.3 is 15.1 Å². The second kappa shape index (κ2) is 7.42. The first-order valence-corrected chi connectivity index (χ1v) is 7.85. The molecule has 0 unspecified atom stereocenters. The first kappa shape index (κ1) is 17.7. The smallest absolute Gasteiger partial charge is 0.257 e. The second-order valence-corrected chi connectivity index (χ2v) is 5.71. The Bertz CT molecular complexity index is 822. The topological polar surface area (TPSA) is 65.5 Å². The molecule has 6 nitrogen and oxygen atoms in total. The van der Waals surface area contributed by atoms with Crippen molar-refractivity contribution in [3.8, 4) is 0 Å². The molecule has 1 N–H and O–H groups in total. The predicted molar refractivity (Wildman–Crippen MR) is 88.4 cm³/mol. The summed E-state index contributed by atoms with van der Waals surface area (Å²) in [5.41, 5.74) is -0.313. The van der Waals surface area contributed by atoms with Crippen LogP contribution in [-0.4, -0.2) is 48.4 Å². The number of nitrogens with one attached hydrogen (secondary N) is 1. The van der Waals surface area contributed by atoms with E-state index in [0.29, 0.717) is 32.0 Å². The number of pyridine rings is 1. The van der Waals surface area contributed by atoms with Gasteiger partial charge in [0.15, 0.2) is 17.5 Å². The third kappa shape index (κ3) is 3.61. The van der Waals surface area contributed by atoms with E-state index in [2.05, 4.69) is 10.3 Å². The van der Waals surface area contributed by atoms with Gasteiger partial charge in [-0.05, 0) is 24.3 Å². The third-order valence-electron chi connectivity index (χ3n) is 4.08. The van der Waals surface area contributed by atoms with Crippen molar-refractivity contribution in [2.24, 2.45) is 0 Å². The van der Waals surface area contributed by atoms with Gasteiger partial charge in [0.05, 0.1) is 11.3 Å². The molecule has 1 saturated heterocycles. The molecule has 26 heavy (non-hydrogen) atoms. The fourth-order valence-electron chi connectivity index (χ4n) is 2.58. The van der Waals surface area contributed by atoms with Crippen molar-refractivity contribution in [1.82, 2.24) is 9.88 Å². The molecule has 0 radical (unpaired) electrons. The maximum atomic E-state index is 13.6. The number of aromatic nitrogens is 1. The highest BCUT2D eigenvalue weighted by Gasteiger charge is 2.18. The molecule has 1 fully saturated rings. The van der Waals surface area contributed by atoms with E-state index in [1.54, 1.807) is 11.0 Å². The highest BCUT2D eigenvalue weighted by atomic mass is 19.2. The zero-order valence-corrected chi connectivity index (χ0v) is 13.6. The van der Waals surface area contributed by atoms with Crippen molar-refractivity contribution >= 4 is 23.8 Å². The normalized spacial score (nSPS) is 14.3. The minimum Gasteiger partial charge on any atom is -0.353 e. The Hall–Kier alpha value is -3.10. The Balaban J connectivity index is 1.68. The van der Waals surface area contributed by atoms with Gasteiger partial charge in [-0.1, -0.05) is 0 Å². The predicted octanol–water partition coefficient (Wildman–Crippen LogP) is 2.03. The van der Waals surface area contributed by atoms with E-state index in [-0.39, 0.29) is 5.56 Å². The zero-order valence-electron chi connectivity index (χ0n) is 13.6. The van der Waals surface area contributed by atoms with Crippen molar-refractivity contribution in [2.75, 3.05) is 36.4 Å². The van der Waals surface area contributed by atoms with Crippen LogP contribution in [0.1, 0.15) is 10.4 Å². The van der Waals surface area contributed by atoms with E-state index in [0.717, 1.165) is 18.5 Å². The van der Waals surface area contributed by atoms with Crippen LogP contribution in [0.2, 0.25) is 0 Å². The number of hydrogen-bond acceptors (Lipinski definition) is 4. The van der Waals surface area contributed by atoms with E-state index in [1.807, 2.05) is 4.90 Å². The molecular formula is C17H15F3N4O2. The quantitative estimate of drug-likeness (QED) is 0.666. The molecule has 0 bridgehead atoms. The van der Waals surface area contributed by atoms with Crippen LogP contribution < -0.4 is 10.2 Å². The summed E-state index contributed by atoms with van der Waals surface area (Å²) in [7, 11) is 0. The number of benzene rings is 1. The molecule has 136 valence electrons. The molecule has 2 heterocycles. The second-order valence-electron chi connectivity index (χ2n) is 5.71. The number of hydrogen-bond donors (Lipinski definition) is 1. The van der Waals surface area contributed by atoms with Crippen molar-refractivity contribution in [3.05, 3.63) is 53.5 Å². The number of nitrogens with zero attached hydrogens (tertiary/aromatic N) is 3. The van der Waals surface area contributed by atoms with E-state index >= 15 is 0 Å². The largest absolute Gasteiger partial charge is 0.353 e. The number of carbonyl (C=O) groups excluding carboxylic acids is 2. The summed E-state index contributed by atoms with van der Waals surface area (Å²) in [6.07, 6.45) is 2.12. The highest BCUT2D eigenvalue weighted by molar-refractivity contribution is 6.04. The summed E-state index contributed by atoms with van der Waals surface area (Å²) in [6.45, 7) is 2.42. The summed E-state index contributed by atoms with van der Waals surface area (Å²) >= 11 is 0. The van der Waals surface area contributed by atoms with Crippen LogP contribution in [-0.2, 0) is 4.79 Å². The van der Waals surface area contributed by atoms with E-state index in [9.17, 15) is 22.8 Å². The van der Waals surface area contributed by atoms with Gasteiger partial charge in [0, 0.05) is 32.4 Å². The lowest BCUT2D eigenvalue weighted by atomic mass is 10.2. The monoisotopic (exact) mass is 364 g/mol. The van der Waals surface area contributed by atoms with E-state index in [1.165, 1.54) is 12.3 Å². The first-order chi connectivity index (χ1) is 12.5. The summed E-state index contributed by atoms with van der Waals surface area (Å²) < 4.78 is 39.8. The SMILES string of the molecule is O=CN1CCN(c2ccc(C(=O)Nc3ccc(F)c(F)c3F)cn2)CC1. The molecule has 1 aromatic heterocycles. The number of anilines is 2. The van der Waals surface area contributed by atoms with Crippen LogP contribution in [0, 0.1) is 17.5 Å². The maximum Gasteiger partial charge on any atom is 0.257 e. The van der Waals surface area contributed by atoms with Crippen LogP contribution in [0.25, 0.3) is 0 Å². The fraction of sp³-hybridized carbons (Fsp3) is 0.235. The summed E-state index contributed by atoms with van der Waals surface area (Å²) in [4.78, 5) is 30.7. The van der Waals surface area contributed by atoms with Crippen LogP contribution in [0.3, 0.4) is 0 Å². The number of piperazine rings is 1. The van der Waals surface area contributed by atoms with Gasteiger partial charge in [0.2, 0.25) is 6.41 Å². The Labute approximate surface area is 147 Å². The van der Waals surface area contributed by atoms with Crippen molar-refractivity contribution in [3.63, 3.8) is 0 Å². The van der Waals surface area contributed by atoms with Gasteiger partial charge in [0.25, 0.3) is 5.91 Å². The summed E-state index contributed by atoms with van der Waals surface area (Å²) in [5.74, 6) is -4.49. The van der Waals surface area contributed by atoms with Crippen LogP contribution >= 0.6 is 0 Å². The Morgan fingerprint density at radius 1 is 1.04 bits per heavy atom. The fourth-order valence-corrected chi connectivity index (χ4v) is 2.58. The molecule has 0 aliphatic carbocycles. The highest BCUT2D eigenvalue weighted by Crippen LogP contribution is 2.21. The van der Waals surface area contributed by atoms with Gasteiger partial charge in [-0.15, -0.1) is 0 Å². The molecular weight excluding hydrogens is 349 g/mol. The minimum atomic E-state index is -1.65. The van der Waals surface area contributed by atoms with E-state index < -0.39 is 29.0 Å². The van der Waals surface area contributed by atoms with Gasteiger partial charge in [-0.25, -0.2) is 18.2 Å². The third-order valence-corrected chi connectivity index (χ3v) is 4.08. The van der Waals surface area contributed by atoms with Gasteiger partial charge in [0.1, 0.15) is 5.82 Å². The molecule has 1 aliphatic rings. The number of carbonyl (C=O) groups is 2. The number of amides is 2. The first-order valence-electron chi connectivity index (χ1n) is 7.85. The Morgan fingerprint density at radius 2 is 1.77 bits per heavy atom. The average molecular weight is 364 g/mol. The lowest BCUT2D eigenvalue weighted by Gasteiger charge is -2.33. The van der Waals surface area contributed by atoms with Crippen molar-refractivity contribution in [2.45, 2.75) is 0 Å². The molecule has 1 aliphatic heterocycles. The van der Waals surface area contributed by atoms with Gasteiger partial charge in [-0.2, -0.15) is 0 Å². The van der Waals surface area contributed by atoms with Gasteiger partial charge in [-0.3, -0.25) is 9.59 Å². The number of halogens is 3. The Morgan fingerprint density at radius 3 is 2.38 bits per heavy atom. The lowest BCUT2D eigenvalue weighted by Crippen LogP contribution is -2.46.